The molecule has 0 bridgehead atoms. The Bertz CT molecular complexity index is 1430. The molecule has 12 heteroatoms. The number of ether oxygens (including phenoxy) is 1. The molecule has 4 amide bonds. The van der Waals surface area contributed by atoms with Crippen LogP contribution in [0, 0.1) is 6.92 Å². The van der Waals surface area contributed by atoms with E-state index in [2.05, 4.69) is 57.6 Å². The molecule has 0 spiro atoms. The molecule has 6 rings (SSSR count). The smallest absolute Gasteiger partial charge is 0.318 e. The summed E-state index contributed by atoms with van der Waals surface area (Å²) in [5.41, 5.74) is 5.53. The molecule has 3 fully saturated rings. The van der Waals surface area contributed by atoms with E-state index in [9.17, 15) is 14.4 Å². The van der Waals surface area contributed by atoms with Crippen molar-refractivity contribution in [1.82, 2.24) is 30.8 Å². The van der Waals surface area contributed by atoms with Crippen LogP contribution in [0.4, 0.5) is 9.93 Å². The highest BCUT2D eigenvalue weighted by atomic mass is 32.1. The standard InChI is InChI=1S/C31H37N7O4S/c1-21-10-12-22(13-11-21)24-20-43-29(32-24)36-38-18-16-37(17-19-38)30(41)35-31(14-6-3-7-15-31)28(40)33-25-26(39)34-27(25)42-23-8-4-2-5-9-23/h2,4-5,8-13,20,25,27H,3,6-7,14-19H2,1H3,(H,32,36)(H,33,40)(H,34,39)(H,35,41)/t25-,27+/m1/s1. The number of hydrazine groups is 1. The molecule has 1 aliphatic carbocycles. The number of hydrogen-bond donors (Lipinski definition) is 4. The van der Waals surface area contributed by atoms with Crippen LogP contribution in [0.2, 0.25) is 0 Å². The summed E-state index contributed by atoms with van der Waals surface area (Å²) >= 11 is 1.55. The van der Waals surface area contributed by atoms with Gasteiger partial charge in [-0.25, -0.2) is 14.8 Å². The number of hydrogen-bond acceptors (Lipinski definition) is 8. The zero-order valence-electron chi connectivity index (χ0n) is 24.2. The minimum Gasteiger partial charge on any atom is -0.468 e. The molecule has 3 heterocycles. The van der Waals surface area contributed by atoms with Crippen molar-refractivity contribution >= 4 is 34.3 Å². The first kappa shape index (κ1) is 28.9. The van der Waals surface area contributed by atoms with Crippen LogP contribution < -0.4 is 26.1 Å². The molecule has 11 nitrogen and oxygen atoms in total. The molecule has 2 saturated heterocycles. The number of anilines is 1. The average molecular weight is 604 g/mol. The van der Waals surface area contributed by atoms with E-state index in [1.54, 1.807) is 28.4 Å². The highest BCUT2D eigenvalue weighted by Crippen LogP contribution is 2.30. The van der Waals surface area contributed by atoms with E-state index < -0.39 is 17.8 Å². The number of rotatable bonds is 8. The number of thiazole rings is 1. The zero-order valence-corrected chi connectivity index (χ0v) is 25.0. The summed E-state index contributed by atoms with van der Waals surface area (Å²) in [6, 6.07) is 16.4. The lowest BCUT2D eigenvalue weighted by molar-refractivity contribution is -0.145. The second-order valence-electron chi connectivity index (χ2n) is 11.4. The lowest BCUT2D eigenvalue weighted by Crippen LogP contribution is -2.74. The highest BCUT2D eigenvalue weighted by molar-refractivity contribution is 7.14. The van der Waals surface area contributed by atoms with Gasteiger partial charge in [0.2, 0.25) is 12.1 Å². The Morgan fingerprint density at radius 1 is 1.00 bits per heavy atom. The predicted molar refractivity (Wildman–Crippen MR) is 164 cm³/mol. The number of carbonyl (C=O) groups is 3. The number of carbonyl (C=O) groups excluding carboxylic acids is 3. The Kier molecular flexibility index (Phi) is 8.48. The maximum absolute atomic E-state index is 13.7. The molecular formula is C31H37N7O4S. The van der Waals surface area contributed by atoms with Crippen LogP contribution in [-0.2, 0) is 9.59 Å². The van der Waals surface area contributed by atoms with Gasteiger partial charge >= 0.3 is 6.03 Å². The number of urea groups is 1. The van der Waals surface area contributed by atoms with Gasteiger partial charge in [0.05, 0.1) is 5.69 Å². The summed E-state index contributed by atoms with van der Waals surface area (Å²) in [6.45, 7) is 4.31. The Hall–Kier alpha value is -4.16. The lowest BCUT2D eigenvalue weighted by atomic mass is 9.80. The van der Waals surface area contributed by atoms with E-state index in [0.29, 0.717) is 44.8 Å². The molecule has 2 aromatic carbocycles. The topological polar surface area (TPSA) is 128 Å². The van der Waals surface area contributed by atoms with E-state index in [-0.39, 0.29) is 17.8 Å². The van der Waals surface area contributed by atoms with Gasteiger partial charge in [0, 0.05) is 37.1 Å². The number of aryl methyl sites for hydroxylation is 1. The van der Waals surface area contributed by atoms with Gasteiger partial charge in [-0.05, 0) is 31.9 Å². The molecule has 43 heavy (non-hydrogen) atoms. The first-order valence-corrected chi connectivity index (χ1v) is 15.7. The van der Waals surface area contributed by atoms with Gasteiger partial charge in [-0.3, -0.25) is 15.0 Å². The molecule has 4 N–H and O–H groups in total. The van der Waals surface area contributed by atoms with Crippen molar-refractivity contribution in [2.75, 3.05) is 31.6 Å². The van der Waals surface area contributed by atoms with Crippen LogP contribution in [-0.4, -0.2) is 76.7 Å². The van der Waals surface area contributed by atoms with E-state index in [1.165, 1.54) is 5.56 Å². The van der Waals surface area contributed by atoms with Crippen molar-refractivity contribution in [3.05, 3.63) is 65.5 Å². The molecule has 2 aliphatic heterocycles. The third-order valence-corrected chi connectivity index (χ3v) is 9.07. The van der Waals surface area contributed by atoms with Gasteiger partial charge in [-0.2, -0.15) is 0 Å². The number of benzene rings is 2. The third kappa shape index (κ3) is 6.60. The van der Waals surface area contributed by atoms with Crippen LogP contribution in [0.15, 0.2) is 60.0 Å². The molecule has 1 saturated carbocycles. The van der Waals surface area contributed by atoms with Crippen molar-refractivity contribution in [2.24, 2.45) is 0 Å². The largest absolute Gasteiger partial charge is 0.468 e. The molecule has 2 atom stereocenters. The predicted octanol–water partition coefficient (Wildman–Crippen LogP) is 3.50. The van der Waals surface area contributed by atoms with Crippen LogP contribution in [0.1, 0.15) is 37.7 Å². The Morgan fingerprint density at radius 2 is 1.72 bits per heavy atom. The van der Waals surface area contributed by atoms with Crippen LogP contribution in [0.5, 0.6) is 5.75 Å². The van der Waals surface area contributed by atoms with Crippen molar-refractivity contribution in [3.8, 4) is 17.0 Å². The summed E-state index contributed by atoms with van der Waals surface area (Å²) in [7, 11) is 0. The maximum atomic E-state index is 13.7. The van der Waals surface area contributed by atoms with E-state index in [1.807, 2.05) is 23.6 Å². The zero-order chi connectivity index (χ0) is 29.8. The van der Waals surface area contributed by atoms with Crippen LogP contribution in [0.3, 0.4) is 0 Å². The molecule has 0 unspecified atom stereocenters. The third-order valence-electron chi connectivity index (χ3n) is 8.32. The van der Waals surface area contributed by atoms with E-state index in [0.717, 1.165) is 35.7 Å². The molecule has 3 aromatic rings. The second-order valence-corrected chi connectivity index (χ2v) is 12.2. The van der Waals surface area contributed by atoms with Crippen LogP contribution >= 0.6 is 11.3 Å². The minimum atomic E-state index is -1.06. The monoisotopic (exact) mass is 603 g/mol. The van der Waals surface area contributed by atoms with Crippen molar-refractivity contribution in [1.29, 1.82) is 0 Å². The number of nitrogens with one attached hydrogen (secondary N) is 4. The molecular weight excluding hydrogens is 566 g/mol. The van der Waals surface area contributed by atoms with Gasteiger partial charge < -0.3 is 25.6 Å². The highest BCUT2D eigenvalue weighted by Gasteiger charge is 2.48. The summed E-state index contributed by atoms with van der Waals surface area (Å²) < 4.78 is 5.85. The van der Waals surface area contributed by atoms with Crippen molar-refractivity contribution in [2.45, 2.75) is 56.8 Å². The minimum absolute atomic E-state index is 0.261. The number of piperazine rings is 1. The Balaban J connectivity index is 1.03. The lowest BCUT2D eigenvalue weighted by Gasteiger charge is -2.43. The molecule has 1 aromatic heterocycles. The van der Waals surface area contributed by atoms with Gasteiger partial charge in [0.15, 0.2) is 11.2 Å². The Labute approximate surface area is 255 Å². The fourth-order valence-electron chi connectivity index (χ4n) is 5.70. The molecule has 3 aliphatic rings. The Morgan fingerprint density at radius 3 is 2.42 bits per heavy atom. The first-order chi connectivity index (χ1) is 20.9. The van der Waals surface area contributed by atoms with Gasteiger partial charge in [0.1, 0.15) is 11.3 Å². The second kappa shape index (κ2) is 12.6. The first-order valence-electron chi connectivity index (χ1n) is 14.8. The summed E-state index contributed by atoms with van der Waals surface area (Å²) in [6.07, 6.45) is 3.04. The fourth-order valence-corrected chi connectivity index (χ4v) is 6.45. The van der Waals surface area contributed by atoms with Crippen molar-refractivity contribution < 1.29 is 19.1 Å². The molecule has 0 radical (unpaired) electrons. The number of β-lactam (4-membered cyclic amide) rings is 1. The fraction of sp³-hybridized carbons (Fsp3) is 0.419. The van der Waals surface area contributed by atoms with Crippen molar-refractivity contribution in [3.63, 3.8) is 0 Å². The number of aromatic nitrogens is 1. The SMILES string of the molecule is Cc1ccc(-c2csc(NN3CCN(C(=O)NC4(C(=O)N[C@@H]5C(=O)N[C@H]5Oc5ccccc5)CCCCC4)CC3)n2)cc1. The summed E-state index contributed by atoms with van der Waals surface area (Å²) in [4.78, 5) is 45.9. The molecule has 226 valence electrons. The average Bonchev–Trinajstić information content (AvgIpc) is 3.49. The summed E-state index contributed by atoms with van der Waals surface area (Å²) in [5.74, 6) is -0.0421. The summed E-state index contributed by atoms with van der Waals surface area (Å²) in [5, 5.41) is 13.6. The number of amides is 4. The normalized spacial score (nSPS) is 21.7. The van der Waals surface area contributed by atoms with Crippen LogP contribution in [0.25, 0.3) is 11.3 Å². The quantitative estimate of drug-likeness (QED) is 0.290. The van der Waals surface area contributed by atoms with E-state index in [4.69, 9.17) is 9.72 Å². The van der Waals surface area contributed by atoms with Gasteiger partial charge in [-0.1, -0.05) is 67.3 Å². The van der Waals surface area contributed by atoms with E-state index >= 15 is 0 Å². The van der Waals surface area contributed by atoms with Gasteiger partial charge in [0.25, 0.3) is 5.91 Å². The number of para-hydroxylation sites is 1. The number of nitrogens with zero attached hydrogens (tertiary/aromatic N) is 3. The van der Waals surface area contributed by atoms with Gasteiger partial charge in [-0.15, -0.1) is 11.3 Å². The maximum Gasteiger partial charge on any atom is 0.318 e.